The van der Waals surface area contributed by atoms with E-state index in [2.05, 4.69) is 34.0 Å². The molecule has 6 heteroatoms. The summed E-state index contributed by atoms with van der Waals surface area (Å²) in [6.07, 6.45) is -0.535. The van der Waals surface area contributed by atoms with Crippen LogP contribution >= 0.6 is 11.3 Å². The maximum atomic E-state index is 10.5. The van der Waals surface area contributed by atoms with Crippen molar-refractivity contribution in [3.63, 3.8) is 0 Å². The summed E-state index contributed by atoms with van der Waals surface area (Å²) in [5, 5.41) is 19.0. The highest BCUT2D eigenvalue weighted by atomic mass is 32.1. The summed E-state index contributed by atoms with van der Waals surface area (Å²) >= 11 is 1.71. The molecule has 0 fully saturated rings. The zero-order chi connectivity index (χ0) is 18.9. The summed E-state index contributed by atoms with van der Waals surface area (Å²) in [5.74, 6) is 1.47. The van der Waals surface area contributed by atoms with Crippen molar-refractivity contribution in [2.24, 2.45) is 4.99 Å². The lowest BCUT2D eigenvalue weighted by Gasteiger charge is -2.17. The fourth-order valence-corrected chi connectivity index (χ4v) is 3.27. The van der Waals surface area contributed by atoms with Crippen molar-refractivity contribution in [2.75, 3.05) is 13.1 Å². The molecule has 26 heavy (non-hydrogen) atoms. The number of hydrogen-bond donors (Lipinski definition) is 3. The number of aliphatic hydroxyl groups is 1. The lowest BCUT2D eigenvalue weighted by Crippen LogP contribution is -2.39. The van der Waals surface area contributed by atoms with E-state index in [0.29, 0.717) is 19.0 Å². The minimum absolute atomic E-state index is 0.105. The highest BCUT2D eigenvalue weighted by Crippen LogP contribution is 2.20. The van der Waals surface area contributed by atoms with Gasteiger partial charge in [-0.25, -0.2) is 4.99 Å². The van der Waals surface area contributed by atoms with Gasteiger partial charge in [-0.3, -0.25) is 0 Å². The van der Waals surface area contributed by atoms with Gasteiger partial charge in [-0.15, -0.1) is 11.3 Å². The molecular formula is C20H29N3O2S. The van der Waals surface area contributed by atoms with Gasteiger partial charge in [0.2, 0.25) is 0 Å². The monoisotopic (exact) mass is 375 g/mol. The number of aliphatic hydroxyl groups excluding tert-OH is 1. The predicted molar refractivity (Wildman–Crippen MR) is 109 cm³/mol. The van der Waals surface area contributed by atoms with E-state index in [4.69, 9.17) is 4.74 Å². The summed E-state index contributed by atoms with van der Waals surface area (Å²) in [6, 6.07) is 9.68. The molecule has 0 spiro atoms. The number of hydrogen-bond acceptors (Lipinski definition) is 4. The van der Waals surface area contributed by atoms with E-state index in [0.717, 1.165) is 17.9 Å². The van der Waals surface area contributed by atoms with Gasteiger partial charge in [0.15, 0.2) is 5.96 Å². The largest absolute Gasteiger partial charge is 0.491 e. The first-order valence-corrected chi connectivity index (χ1v) is 9.87. The third kappa shape index (κ3) is 6.35. The lowest BCUT2D eigenvalue weighted by molar-refractivity contribution is 0.179. The van der Waals surface area contributed by atoms with E-state index in [1.165, 1.54) is 10.4 Å². The van der Waals surface area contributed by atoms with Crippen LogP contribution in [0, 0.1) is 6.92 Å². The molecule has 0 aliphatic carbocycles. The third-order valence-electron chi connectivity index (χ3n) is 3.77. The van der Waals surface area contributed by atoms with Gasteiger partial charge in [-0.1, -0.05) is 12.1 Å². The van der Waals surface area contributed by atoms with Crippen LogP contribution in [0.1, 0.15) is 42.9 Å². The average Bonchev–Trinajstić information content (AvgIpc) is 3.01. The van der Waals surface area contributed by atoms with Gasteiger partial charge in [0.05, 0.1) is 18.8 Å². The van der Waals surface area contributed by atoms with E-state index in [1.54, 1.807) is 11.3 Å². The van der Waals surface area contributed by atoms with Crippen LogP contribution in [0.25, 0.3) is 0 Å². The Morgan fingerprint density at radius 1 is 1.27 bits per heavy atom. The van der Waals surface area contributed by atoms with Crippen molar-refractivity contribution in [1.82, 2.24) is 10.6 Å². The molecule has 0 bridgehead atoms. The van der Waals surface area contributed by atoms with Gasteiger partial charge in [0.25, 0.3) is 0 Å². The van der Waals surface area contributed by atoms with Crippen molar-refractivity contribution in [2.45, 2.75) is 46.4 Å². The van der Waals surface area contributed by atoms with Crippen molar-refractivity contribution in [3.05, 3.63) is 51.7 Å². The van der Waals surface area contributed by atoms with Crippen molar-refractivity contribution in [3.8, 4) is 5.75 Å². The maximum Gasteiger partial charge on any atom is 0.191 e. The smallest absolute Gasteiger partial charge is 0.191 e. The van der Waals surface area contributed by atoms with E-state index in [9.17, 15) is 5.11 Å². The zero-order valence-corrected chi connectivity index (χ0v) is 16.8. The summed E-state index contributed by atoms with van der Waals surface area (Å²) in [5.41, 5.74) is 2.08. The fraction of sp³-hybridized carbons (Fsp3) is 0.450. The Balaban J connectivity index is 1.96. The Morgan fingerprint density at radius 3 is 2.73 bits per heavy atom. The van der Waals surface area contributed by atoms with Crippen molar-refractivity contribution >= 4 is 17.3 Å². The van der Waals surface area contributed by atoms with E-state index >= 15 is 0 Å². The average molecular weight is 376 g/mol. The molecule has 0 saturated carbocycles. The van der Waals surface area contributed by atoms with Gasteiger partial charge in [0.1, 0.15) is 5.75 Å². The van der Waals surface area contributed by atoms with Crippen LogP contribution < -0.4 is 15.4 Å². The summed E-state index contributed by atoms with van der Waals surface area (Å²) in [4.78, 5) is 5.86. The van der Waals surface area contributed by atoms with Crippen LogP contribution in [0.4, 0.5) is 0 Å². The molecule has 1 atom stereocenters. The molecule has 2 rings (SSSR count). The minimum atomic E-state index is -0.641. The Kier molecular flexibility index (Phi) is 7.94. The van der Waals surface area contributed by atoms with Crippen LogP contribution in [0.15, 0.2) is 40.7 Å². The van der Waals surface area contributed by atoms with Crippen LogP contribution in [0.2, 0.25) is 0 Å². The molecule has 0 amide bonds. The molecule has 0 aliphatic rings. The van der Waals surface area contributed by atoms with Gasteiger partial charge < -0.3 is 20.5 Å². The van der Waals surface area contributed by atoms with Crippen LogP contribution in [0.3, 0.4) is 0 Å². The molecule has 3 N–H and O–H groups in total. The Bertz CT molecular complexity index is 713. The number of nitrogens with one attached hydrogen (secondary N) is 2. The number of nitrogens with zero attached hydrogens (tertiary/aromatic N) is 1. The predicted octanol–water partition coefficient (Wildman–Crippen LogP) is 3.63. The Morgan fingerprint density at radius 2 is 2.08 bits per heavy atom. The number of aryl methyl sites for hydroxylation is 1. The second-order valence-electron chi connectivity index (χ2n) is 6.36. The normalized spacial score (nSPS) is 12.9. The Labute approximate surface area is 160 Å². The van der Waals surface area contributed by atoms with Gasteiger partial charge in [0, 0.05) is 18.0 Å². The van der Waals surface area contributed by atoms with Crippen molar-refractivity contribution < 1.29 is 9.84 Å². The molecule has 2 aromatic rings. The Hall–Kier alpha value is -2.05. The maximum absolute atomic E-state index is 10.5. The molecule has 142 valence electrons. The molecular weight excluding hydrogens is 346 g/mol. The van der Waals surface area contributed by atoms with Crippen LogP contribution in [0.5, 0.6) is 5.75 Å². The number of aliphatic imine (C=N–C) groups is 1. The first kappa shape index (κ1) is 20.3. The second kappa shape index (κ2) is 10.2. The van der Waals surface area contributed by atoms with Gasteiger partial charge >= 0.3 is 0 Å². The minimum Gasteiger partial charge on any atom is -0.491 e. The molecule has 1 unspecified atom stereocenters. The molecule has 0 aliphatic heterocycles. The van der Waals surface area contributed by atoms with Crippen LogP contribution in [-0.2, 0) is 6.54 Å². The molecule has 5 nitrogen and oxygen atoms in total. The quantitative estimate of drug-likeness (QED) is 0.487. The van der Waals surface area contributed by atoms with Crippen molar-refractivity contribution in [1.29, 1.82) is 0 Å². The standard InChI is InChI=1S/C20H29N3O2S/c1-5-21-20(23-13-19-15(4)9-10-26-19)22-12-18(24)16-7-6-8-17(11-16)25-14(2)3/h6-11,14,18,24H,5,12-13H2,1-4H3,(H2,21,22,23). The fourth-order valence-electron chi connectivity index (χ4n) is 2.44. The number of ether oxygens (including phenoxy) is 1. The topological polar surface area (TPSA) is 65.9 Å². The highest BCUT2D eigenvalue weighted by Gasteiger charge is 2.10. The molecule has 1 aromatic carbocycles. The summed E-state index contributed by atoms with van der Waals surface area (Å²) in [7, 11) is 0. The third-order valence-corrected chi connectivity index (χ3v) is 4.78. The van der Waals surface area contributed by atoms with E-state index in [1.807, 2.05) is 45.0 Å². The SMILES string of the molecule is CCNC(=NCc1sccc1C)NCC(O)c1cccc(OC(C)C)c1. The van der Waals surface area contributed by atoms with E-state index in [-0.39, 0.29) is 6.10 Å². The van der Waals surface area contributed by atoms with Gasteiger partial charge in [-0.2, -0.15) is 0 Å². The summed E-state index contributed by atoms with van der Waals surface area (Å²) in [6.45, 7) is 9.86. The number of rotatable bonds is 8. The first-order valence-electron chi connectivity index (χ1n) is 8.99. The molecule has 0 saturated heterocycles. The summed E-state index contributed by atoms with van der Waals surface area (Å²) < 4.78 is 5.69. The van der Waals surface area contributed by atoms with Crippen LogP contribution in [-0.4, -0.2) is 30.3 Å². The van der Waals surface area contributed by atoms with E-state index < -0.39 is 6.10 Å². The van der Waals surface area contributed by atoms with Gasteiger partial charge in [-0.05, 0) is 62.4 Å². The second-order valence-corrected chi connectivity index (χ2v) is 7.36. The number of thiophene rings is 1. The number of benzene rings is 1. The first-order chi connectivity index (χ1) is 12.5. The molecule has 1 heterocycles. The lowest BCUT2D eigenvalue weighted by atomic mass is 10.1. The zero-order valence-electron chi connectivity index (χ0n) is 16.0. The highest BCUT2D eigenvalue weighted by molar-refractivity contribution is 7.10. The number of guanidine groups is 1. The molecule has 1 aromatic heterocycles. The molecule has 0 radical (unpaired) electrons.